The second-order valence-corrected chi connectivity index (χ2v) is 5.62. The molecule has 2 aromatic carbocycles. The van der Waals surface area contributed by atoms with Crippen LogP contribution in [0.3, 0.4) is 0 Å². The van der Waals surface area contributed by atoms with Crippen LogP contribution in [0.15, 0.2) is 49.1 Å². The first-order valence-electron chi connectivity index (χ1n) is 6.25. The summed E-state index contributed by atoms with van der Waals surface area (Å²) >= 11 is 2.32. The number of benzene rings is 2. The van der Waals surface area contributed by atoms with E-state index in [0.29, 0.717) is 13.0 Å². The maximum absolute atomic E-state index is 11.4. The fraction of sp³-hybridized carbons (Fsp3) is 0.188. The number of rotatable bonds is 5. The van der Waals surface area contributed by atoms with Crippen LogP contribution in [0.2, 0.25) is 0 Å². The summed E-state index contributed by atoms with van der Waals surface area (Å²) in [5.74, 6) is 0.0322. The Hall–Kier alpha value is -1.36. The number of nitrogens with one attached hydrogen (secondary N) is 1. The van der Waals surface area contributed by atoms with Gasteiger partial charge in [-0.05, 0) is 57.5 Å². The number of carbonyl (C=O) groups excluding carboxylic acids is 1. The number of carbonyl (C=O) groups is 1. The molecule has 0 atom stereocenters. The molecule has 1 amide bonds. The normalized spacial score (nSPS) is 10.4. The lowest BCUT2D eigenvalue weighted by Gasteiger charge is -2.08. The van der Waals surface area contributed by atoms with Crippen LogP contribution in [0.25, 0.3) is 10.8 Å². The Morgan fingerprint density at radius 1 is 1.32 bits per heavy atom. The van der Waals surface area contributed by atoms with Gasteiger partial charge in [0.15, 0.2) is 0 Å². The van der Waals surface area contributed by atoms with E-state index >= 15 is 0 Å². The van der Waals surface area contributed by atoms with E-state index in [0.717, 1.165) is 6.42 Å². The van der Waals surface area contributed by atoms with Gasteiger partial charge in [-0.3, -0.25) is 4.79 Å². The molecule has 0 aromatic heterocycles. The Labute approximate surface area is 127 Å². The maximum atomic E-state index is 11.4. The van der Waals surface area contributed by atoms with Gasteiger partial charge in [0.2, 0.25) is 5.91 Å². The Morgan fingerprint density at radius 2 is 2.16 bits per heavy atom. The molecule has 0 aliphatic carbocycles. The largest absolute Gasteiger partial charge is 0.356 e. The van der Waals surface area contributed by atoms with E-state index in [1.165, 1.54) is 19.9 Å². The highest BCUT2D eigenvalue weighted by atomic mass is 127. The van der Waals surface area contributed by atoms with Crippen molar-refractivity contribution in [2.45, 2.75) is 12.8 Å². The highest BCUT2D eigenvalue weighted by molar-refractivity contribution is 14.1. The van der Waals surface area contributed by atoms with E-state index in [1.54, 1.807) is 6.08 Å². The molecule has 2 aromatic rings. The van der Waals surface area contributed by atoms with Crippen LogP contribution in [0.5, 0.6) is 0 Å². The molecule has 3 heteroatoms. The van der Waals surface area contributed by atoms with Crippen LogP contribution in [-0.4, -0.2) is 12.5 Å². The maximum Gasteiger partial charge on any atom is 0.223 e. The van der Waals surface area contributed by atoms with Crippen LogP contribution in [0.1, 0.15) is 12.0 Å². The lowest BCUT2D eigenvalue weighted by Crippen LogP contribution is -2.24. The van der Waals surface area contributed by atoms with Crippen LogP contribution >= 0.6 is 22.6 Å². The zero-order valence-electron chi connectivity index (χ0n) is 10.7. The second-order valence-electron chi connectivity index (χ2n) is 4.38. The Balaban J connectivity index is 2.10. The van der Waals surface area contributed by atoms with Crippen molar-refractivity contribution < 1.29 is 4.79 Å². The number of halogens is 1. The quantitative estimate of drug-likeness (QED) is 0.636. The predicted molar refractivity (Wildman–Crippen MR) is 88.2 cm³/mol. The molecule has 2 rings (SSSR count). The van der Waals surface area contributed by atoms with Gasteiger partial charge < -0.3 is 5.32 Å². The third-order valence-corrected chi connectivity index (χ3v) is 3.65. The smallest absolute Gasteiger partial charge is 0.223 e. The molecule has 19 heavy (non-hydrogen) atoms. The summed E-state index contributed by atoms with van der Waals surface area (Å²) in [5.41, 5.74) is 1.27. The van der Waals surface area contributed by atoms with Crippen molar-refractivity contribution in [3.05, 3.63) is 58.2 Å². The number of amides is 1. The third-order valence-electron chi connectivity index (χ3n) is 2.98. The van der Waals surface area contributed by atoms with Crippen LogP contribution in [0.4, 0.5) is 0 Å². The average molecular weight is 365 g/mol. The van der Waals surface area contributed by atoms with Crippen molar-refractivity contribution >= 4 is 39.3 Å². The number of fused-ring (bicyclic) bond motifs is 1. The first-order valence-corrected chi connectivity index (χ1v) is 7.33. The standard InChI is InChI=1S/C16H16INO/c1-2-4-16(19)18-10-9-13-6-3-5-12-7-8-14(17)11-15(12)13/h2-3,5-8,11H,1,4,9-10H2,(H,18,19). The molecule has 0 saturated heterocycles. The van der Waals surface area contributed by atoms with Gasteiger partial charge in [0, 0.05) is 16.5 Å². The number of hydrogen-bond donors (Lipinski definition) is 1. The predicted octanol–water partition coefficient (Wildman–Crippen LogP) is 3.68. The lowest BCUT2D eigenvalue weighted by atomic mass is 10.0. The topological polar surface area (TPSA) is 29.1 Å². The molecular formula is C16H16INO. The second kappa shape index (κ2) is 6.70. The van der Waals surface area contributed by atoms with Crippen molar-refractivity contribution in [1.29, 1.82) is 0 Å². The average Bonchev–Trinajstić information content (AvgIpc) is 2.39. The van der Waals surface area contributed by atoms with Gasteiger partial charge in [0.1, 0.15) is 0 Å². The minimum atomic E-state index is 0.0322. The monoisotopic (exact) mass is 365 g/mol. The summed E-state index contributed by atoms with van der Waals surface area (Å²) < 4.78 is 1.23. The summed E-state index contributed by atoms with van der Waals surface area (Å²) in [6.45, 7) is 4.22. The molecule has 0 saturated carbocycles. The zero-order valence-corrected chi connectivity index (χ0v) is 12.8. The van der Waals surface area contributed by atoms with E-state index in [4.69, 9.17) is 0 Å². The SMILES string of the molecule is C=CCC(=O)NCCc1cccc2ccc(I)cc12. The molecule has 0 aliphatic rings. The molecule has 0 fully saturated rings. The lowest BCUT2D eigenvalue weighted by molar-refractivity contribution is -0.120. The van der Waals surface area contributed by atoms with Gasteiger partial charge in [-0.25, -0.2) is 0 Å². The molecular weight excluding hydrogens is 349 g/mol. The fourth-order valence-electron chi connectivity index (χ4n) is 2.07. The highest BCUT2D eigenvalue weighted by Gasteiger charge is 2.03. The Morgan fingerprint density at radius 3 is 2.95 bits per heavy atom. The van der Waals surface area contributed by atoms with Crippen molar-refractivity contribution in [3.63, 3.8) is 0 Å². The molecule has 2 nitrogen and oxygen atoms in total. The van der Waals surface area contributed by atoms with Crippen LogP contribution in [-0.2, 0) is 11.2 Å². The van der Waals surface area contributed by atoms with E-state index in [1.807, 2.05) is 0 Å². The Kier molecular flexibility index (Phi) is 4.96. The minimum absolute atomic E-state index is 0.0322. The molecule has 0 spiro atoms. The van der Waals surface area contributed by atoms with E-state index in [9.17, 15) is 4.79 Å². The van der Waals surface area contributed by atoms with Crippen molar-refractivity contribution in [1.82, 2.24) is 5.32 Å². The first-order chi connectivity index (χ1) is 9.20. The van der Waals surface area contributed by atoms with Crippen molar-refractivity contribution in [2.75, 3.05) is 6.54 Å². The van der Waals surface area contributed by atoms with Gasteiger partial charge in [-0.1, -0.05) is 30.3 Å². The van der Waals surface area contributed by atoms with Crippen LogP contribution < -0.4 is 5.32 Å². The van der Waals surface area contributed by atoms with E-state index in [-0.39, 0.29) is 5.91 Å². The molecule has 0 aliphatic heterocycles. The molecule has 1 N–H and O–H groups in total. The highest BCUT2D eigenvalue weighted by Crippen LogP contribution is 2.21. The summed E-state index contributed by atoms with van der Waals surface area (Å²) in [4.78, 5) is 11.4. The molecule has 0 radical (unpaired) electrons. The molecule has 0 heterocycles. The van der Waals surface area contributed by atoms with Gasteiger partial charge in [-0.15, -0.1) is 6.58 Å². The van der Waals surface area contributed by atoms with Gasteiger partial charge in [-0.2, -0.15) is 0 Å². The minimum Gasteiger partial charge on any atom is -0.356 e. The van der Waals surface area contributed by atoms with E-state index < -0.39 is 0 Å². The first kappa shape index (κ1) is 14.1. The molecule has 0 bridgehead atoms. The van der Waals surface area contributed by atoms with Gasteiger partial charge >= 0.3 is 0 Å². The van der Waals surface area contributed by atoms with Crippen molar-refractivity contribution in [3.8, 4) is 0 Å². The molecule has 98 valence electrons. The molecule has 0 unspecified atom stereocenters. The summed E-state index contributed by atoms with van der Waals surface area (Å²) in [6, 6.07) is 12.7. The summed E-state index contributed by atoms with van der Waals surface area (Å²) in [5, 5.41) is 5.42. The summed E-state index contributed by atoms with van der Waals surface area (Å²) in [7, 11) is 0. The van der Waals surface area contributed by atoms with Gasteiger partial charge in [0.25, 0.3) is 0 Å². The number of hydrogen-bond acceptors (Lipinski definition) is 1. The zero-order chi connectivity index (χ0) is 13.7. The Bertz CT molecular complexity index is 607. The fourth-order valence-corrected chi connectivity index (χ4v) is 2.56. The van der Waals surface area contributed by atoms with E-state index in [2.05, 4.69) is 70.9 Å². The third kappa shape index (κ3) is 3.80. The van der Waals surface area contributed by atoms with Gasteiger partial charge in [0.05, 0.1) is 0 Å². The van der Waals surface area contributed by atoms with Crippen LogP contribution in [0, 0.1) is 3.57 Å². The summed E-state index contributed by atoms with van der Waals surface area (Å²) in [6.07, 6.45) is 2.85. The van der Waals surface area contributed by atoms with Crippen molar-refractivity contribution in [2.24, 2.45) is 0 Å².